The molecule has 0 aliphatic carbocycles. The topological polar surface area (TPSA) is 135 Å². The van der Waals surface area contributed by atoms with Gasteiger partial charge in [0.1, 0.15) is 4.90 Å². The Balaban J connectivity index is 2.92. The Morgan fingerprint density at radius 1 is 0.850 bits per heavy atom. The molecule has 106 valence electrons. The molecule has 0 aliphatic heterocycles. The molecule has 8 nitrogen and oxygen atoms in total. The molecule has 0 spiro atoms. The molecule has 0 radical (unpaired) electrons. The van der Waals surface area contributed by atoms with Gasteiger partial charge in [0.25, 0.3) is 10.1 Å². The standard InChI is InChI=1S/C10H8N2O6S2/c13-19(14,15)9-8(7-1-4-11-5-2-7)3-6-12-10(9)20(16,17)18/h1-6H,(H,13,14,15)(H,16,17,18). The lowest BCUT2D eigenvalue weighted by molar-refractivity contribution is 0.462. The minimum Gasteiger partial charge on any atom is -0.282 e. The molecule has 0 saturated heterocycles. The van der Waals surface area contributed by atoms with Crippen LogP contribution in [0.1, 0.15) is 0 Å². The fourth-order valence-corrected chi connectivity index (χ4v) is 3.53. The van der Waals surface area contributed by atoms with Crippen LogP contribution >= 0.6 is 0 Å². The van der Waals surface area contributed by atoms with Crippen molar-refractivity contribution in [3.63, 3.8) is 0 Å². The van der Waals surface area contributed by atoms with Crippen molar-refractivity contribution in [2.24, 2.45) is 0 Å². The lowest BCUT2D eigenvalue weighted by Gasteiger charge is -2.09. The Labute approximate surface area is 114 Å². The summed E-state index contributed by atoms with van der Waals surface area (Å²) >= 11 is 0. The highest BCUT2D eigenvalue weighted by Crippen LogP contribution is 2.30. The van der Waals surface area contributed by atoms with Gasteiger partial charge in [-0.15, -0.1) is 0 Å². The van der Waals surface area contributed by atoms with Crippen molar-refractivity contribution in [1.29, 1.82) is 0 Å². The van der Waals surface area contributed by atoms with E-state index < -0.39 is 30.2 Å². The number of aromatic nitrogens is 2. The number of pyridine rings is 2. The van der Waals surface area contributed by atoms with E-state index in [1.807, 2.05) is 0 Å². The van der Waals surface area contributed by atoms with E-state index in [4.69, 9.17) is 4.55 Å². The molecule has 20 heavy (non-hydrogen) atoms. The van der Waals surface area contributed by atoms with Gasteiger partial charge in [-0.05, 0) is 23.8 Å². The molecule has 0 amide bonds. The molecule has 2 aromatic rings. The molecular formula is C10H8N2O6S2. The maximum atomic E-state index is 11.4. The molecule has 0 bridgehead atoms. The van der Waals surface area contributed by atoms with E-state index in [-0.39, 0.29) is 5.56 Å². The molecular weight excluding hydrogens is 308 g/mol. The van der Waals surface area contributed by atoms with Crippen LogP contribution in [-0.2, 0) is 20.2 Å². The lowest BCUT2D eigenvalue weighted by atomic mass is 10.1. The third-order valence-corrected chi connectivity index (χ3v) is 4.22. The van der Waals surface area contributed by atoms with Crippen molar-refractivity contribution in [1.82, 2.24) is 9.97 Å². The second-order valence-corrected chi connectivity index (χ2v) is 6.37. The summed E-state index contributed by atoms with van der Waals surface area (Å²) in [4.78, 5) is 6.07. The molecule has 0 atom stereocenters. The van der Waals surface area contributed by atoms with Crippen LogP contribution in [0.5, 0.6) is 0 Å². The molecule has 0 fully saturated rings. The normalized spacial score (nSPS) is 12.3. The Bertz CT molecular complexity index is 847. The first-order valence-electron chi connectivity index (χ1n) is 5.05. The molecule has 0 saturated carbocycles. The molecule has 2 rings (SSSR count). The summed E-state index contributed by atoms with van der Waals surface area (Å²) in [7, 11) is -9.83. The Morgan fingerprint density at radius 2 is 1.45 bits per heavy atom. The van der Waals surface area contributed by atoms with E-state index >= 15 is 0 Å². The van der Waals surface area contributed by atoms with Crippen LogP contribution in [0.4, 0.5) is 0 Å². The van der Waals surface area contributed by atoms with E-state index in [1.165, 1.54) is 30.6 Å². The molecule has 0 unspecified atom stereocenters. The number of rotatable bonds is 3. The van der Waals surface area contributed by atoms with Crippen LogP contribution in [0.25, 0.3) is 11.1 Å². The van der Waals surface area contributed by atoms with E-state index in [0.29, 0.717) is 5.56 Å². The van der Waals surface area contributed by atoms with Crippen LogP contribution in [0, 0.1) is 0 Å². The number of hydrogen-bond acceptors (Lipinski definition) is 6. The second kappa shape index (κ2) is 4.90. The van der Waals surface area contributed by atoms with E-state index in [2.05, 4.69) is 9.97 Å². The smallest absolute Gasteiger partial charge is 0.282 e. The van der Waals surface area contributed by atoms with Gasteiger partial charge in [-0.3, -0.25) is 14.1 Å². The molecule has 2 N–H and O–H groups in total. The molecule has 2 aromatic heterocycles. The number of hydrogen-bond donors (Lipinski definition) is 2. The van der Waals surface area contributed by atoms with Gasteiger partial charge >= 0.3 is 10.1 Å². The largest absolute Gasteiger partial charge is 0.313 e. The molecule has 10 heteroatoms. The Kier molecular flexibility index (Phi) is 3.56. The average Bonchev–Trinajstić information content (AvgIpc) is 2.37. The summed E-state index contributed by atoms with van der Waals surface area (Å²) in [6, 6.07) is 4.03. The summed E-state index contributed by atoms with van der Waals surface area (Å²) in [6.45, 7) is 0. The monoisotopic (exact) mass is 316 g/mol. The Hall–Kier alpha value is -1.88. The highest BCUT2D eigenvalue weighted by molar-refractivity contribution is 7.89. The van der Waals surface area contributed by atoms with Gasteiger partial charge in [0.15, 0.2) is 0 Å². The summed E-state index contributed by atoms with van der Waals surface area (Å²) in [5, 5.41) is -1.13. The van der Waals surface area contributed by atoms with E-state index in [0.717, 1.165) is 6.20 Å². The van der Waals surface area contributed by atoms with Crippen molar-refractivity contribution >= 4 is 20.2 Å². The Morgan fingerprint density at radius 3 is 1.95 bits per heavy atom. The van der Waals surface area contributed by atoms with Gasteiger partial charge in [0.2, 0.25) is 5.03 Å². The van der Waals surface area contributed by atoms with Gasteiger partial charge in [0, 0.05) is 24.2 Å². The molecule has 0 aromatic carbocycles. The quantitative estimate of drug-likeness (QED) is 0.787. The van der Waals surface area contributed by atoms with Crippen molar-refractivity contribution in [2.45, 2.75) is 9.92 Å². The summed E-state index contributed by atoms with van der Waals surface area (Å²) in [5.41, 5.74) is 0.178. The van der Waals surface area contributed by atoms with E-state index in [9.17, 15) is 21.4 Å². The first kappa shape index (κ1) is 14.5. The summed E-state index contributed by atoms with van der Waals surface area (Å²) < 4.78 is 63.5. The highest BCUT2D eigenvalue weighted by Gasteiger charge is 2.29. The number of nitrogens with zero attached hydrogens (tertiary/aromatic N) is 2. The SMILES string of the molecule is O=S(=O)(O)c1nccc(-c2ccncc2)c1S(=O)(=O)O. The second-order valence-electron chi connectivity index (χ2n) is 3.68. The van der Waals surface area contributed by atoms with Crippen molar-refractivity contribution in [3.8, 4) is 11.1 Å². The van der Waals surface area contributed by atoms with Crippen LogP contribution in [0.3, 0.4) is 0 Å². The first-order valence-corrected chi connectivity index (χ1v) is 7.93. The minimum absolute atomic E-state index is 0.113. The third kappa shape index (κ3) is 2.82. The molecule has 0 aliphatic rings. The van der Waals surface area contributed by atoms with Gasteiger partial charge in [-0.25, -0.2) is 4.98 Å². The average molecular weight is 316 g/mol. The fraction of sp³-hybridized carbons (Fsp3) is 0. The van der Waals surface area contributed by atoms with Crippen molar-refractivity contribution in [2.75, 3.05) is 0 Å². The van der Waals surface area contributed by atoms with Gasteiger partial charge < -0.3 is 0 Å². The first-order chi connectivity index (χ1) is 9.21. The van der Waals surface area contributed by atoms with Crippen LogP contribution in [-0.4, -0.2) is 35.9 Å². The molecule has 2 heterocycles. The maximum absolute atomic E-state index is 11.4. The minimum atomic E-state index is -4.92. The zero-order valence-electron chi connectivity index (χ0n) is 9.70. The van der Waals surface area contributed by atoms with E-state index in [1.54, 1.807) is 0 Å². The lowest BCUT2D eigenvalue weighted by Crippen LogP contribution is -2.12. The fourth-order valence-electron chi connectivity index (χ4n) is 1.62. The van der Waals surface area contributed by atoms with Gasteiger partial charge in [-0.2, -0.15) is 16.8 Å². The van der Waals surface area contributed by atoms with Crippen LogP contribution in [0.2, 0.25) is 0 Å². The zero-order chi connectivity index (χ0) is 15.0. The maximum Gasteiger partial charge on any atom is 0.313 e. The zero-order valence-corrected chi connectivity index (χ0v) is 11.3. The highest BCUT2D eigenvalue weighted by atomic mass is 32.2. The predicted molar refractivity (Wildman–Crippen MR) is 67.1 cm³/mol. The summed E-state index contributed by atoms with van der Waals surface area (Å²) in [6.07, 6.45) is 3.72. The third-order valence-electron chi connectivity index (χ3n) is 2.37. The van der Waals surface area contributed by atoms with Crippen LogP contribution in [0.15, 0.2) is 46.7 Å². The summed E-state index contributed by atoms with van der Waals surface area (Å²) in [5.74, 6) is 0. The van der Waals surface area contributed by atoms with Gasteiger partial charge in [0.05, 0.1) is 0 Å². The van der Waals surface area contributed by atoms with Gasteiger partial charge in [-0.1, -0.05) is 0 Å². The van der Waals surface area contributed by atoms with Crippen molar-refractivity contribution in [3.05, 3.63) is 36.8 Å². The van der Waals surface area contributed by atoms with Crippen LogP contribution < -0.4 is 0 Å². The van der Waals surface area contributed by atoms with Crippen molar-refractivity contribution < 1.29 is 25.9 Å². The predicted octanol–water partition coefficient (Wildman–Crippen LogP) is 0.637.